The third-order valence-electron chi connectivity index (χ3n) is 2.42. The summed E-state index contributed by atoms with van der Waals surface area (Å²) in [6.45, 7) is 0. The first-order valence-electron chi connectivity index (χ1n) is 5.15. The molecule has 0 atom stereocenters. The number of rotatable bonds is 4. The summed E-state index contributed by atoms with van der Waals surface area (Å²) in [6, 6.07) is 5.34. The van der Waals surface area contributed by atoms with Crippen molar-refractivity contribution >= 4 is 21.7 Å². The highest BCUT2D eigenvalue weighted by atomic mass is 32.2. The molecule has 0 radical (unpaired) electrons. The van der Waals surface area contributed by atoms with Crippen molar-refractivity contribution in [1.29, 1.82) is 0 Å². The average Bonchev–Trinajstić information content (AvgIpc) is 2.89. The number of carboxylic acids is 1. The van der Waals surface area contributed by atoms with Gasteiger partial charge in [0.25, 0.3) is 10.0 Å². The molecule has 2 aromatic rings. The van der Waals surface area contributed by atoms with Gasteiger partial charge in [-0.3, -0.25) is 9.29 Å². The van der Waals surface area contributed by atoms with Crippen LogP contribution < -0.4 is 4.31 Å². The number of furan rings is 1. The van der Waals surface area contributed by atoms with Crippen LogP contribution in [0, 0.1) is 0 Å². The molecule has 0 unspecified atom stereocenters. The highest BCUT2D eigenvalue weighted by molar-refractivity contribution is 7.92. The van der Waals surface area contributed by atoms with Crippen LogP contribution >= 0.6 is 0 Å². The van der Waals surface area contributed by atoms with Gasteiger partial charge < -0.3 is 9.52 Å². The lowest BCUT2D eigenvalue weighted by atomic mass is 10.4. The summed E-state index contributed by atoms with van der Waals surface area (Å²) in [5, 5.41) is 8.27. The lowest BCUT2D eigenvalue weighted by Gasteiger charge is -2.16. The van der Waals surface area contributed by atoms with Crippen LogP contribution in [0.25, 0.3) is 0 Å². The molecule has 0 saturated carbocycles. The maximum atomic E-state index is 12.2. The molecule has 2 aromatic heterocycles. The van der Waals surface area contributed by atoms with Gasteiger partial charge in [-0.05, 0) is 24.3 Å². The second-order valence-electron chi connectivity index (χ2n) is 3.61. The first-order valence-corrected chi connectivity index (χ1v) is 6.59. The Hall–Kier alpha value is -2.35. The number of aromatic nitrogens is 1. The van der Waals surface area contributed by atoms with E-state index in [9.17, 15) is 13.2 Å². The Labute approximate surface area is 109 Å². The Balaban J connectivity index is 2.39. The maximum Gasteiger partial charge on any atom is 0.371 e. The van der Waals surface area contributed by atoms with Crippen LogP contribution in [0.3, 0.4) is 0 Å². The van der Waals surface area contributed by atoms with Gasteiger partial charge in [0, 0.05) is 13.2 Å². The van der Waals surface area contributed by atoms with Gasteiger partial charge in [-0.2, -0.15) is 8.42 Å². The molecule has 0 bridgehead atoms. The SMILES string of the molecule is CN(c1cccnc1)S(=O)(=O)c1ccc(C(=O)O)o1. The molecule has 0 aliphatic rings. The fraction of sp³-hybridized carbons (Fsp3) is 0.0909. The molecular formula is C11H10N2O5S. The van der Waals surface area contributed by atoms with E-state index in [2.05, 4.69) is 4.98 Å². The number of carbonyl (C=O) groups is 1. The number of sulfonamides is 1. The predicted molar refractivity (Wildman–Crippen MR) is 65.5 cm³/mol. The Morgan fingerprint density at radius 2 is 2.11 bits per heavy atom. The molecule has 8 heteroatoms. The summed E-state index contributed by atoms with van der Waals surface area (Å²) < 4.78 is 30.1. The number of carboxylic acid groups (broad SMARTS) is 1. The highest BCUT2D eigenvalue weighted by Gasteiger charge is 2.26. The zero-order valence-electron chi connectivity index (χ0n) is 9.85. The largest absolute Gasteiger partial charge is 0.475 e. The topological polar surface area (TPSA) is 101 Å². The normalized spacial score (nSPS) is 11.2. The molecule has 0 spiro atoms. The molecular weight excluding hydrogens is 272 g/mol. The van der Waals surface area contributed by atoms with Crippen LogP contribution in [0.2, 0.25) is 0 Å². The Morgan fingerprint density at radius 1 is 1.37 bits per heavy atom. The molecule has 7 nitrogen and oxygen atoms in total. The Morgan fingerprint density at radius 3 is 2.63 bits per heavy atom. The lowest BCUT2D eigenvalue weighted by Crippen LogP contribution is -2.26. The second-order valence-corrected chi connectivity index (χ2v) is 5.51. The number of pyridine rings is 1. The first-order chi connectivity index (χ1) is 8.93. The number of hydrogen-bond donors (Lipinski definition) is 1. The van der Waals surface area contributed by atoms with Crippen LogP contribution in [0.15, 0.2) is 46.2 Å². The van der Waals surface area contributed by atoms with Crippen LogP contribution in [-0.4, -0.2) is 31.5 Å². The van der Waals surface area contributed by atoms with Crippen LogP contribution in [0.5, 0.6) is 0 Å². The van der Waals surface area contributed by atoms with E-state index < -0.39 is 26.8 Å². The minimum Gasteiger partial charge on any atom is -0.475 e. The van der Waals surface area contributed by atoms with E-state index in [1.54, 1.807) is 12.1 Å². The number of hydrogen-bond acceptors (Lipinski definition) is 5. The van der Waals surface area contributed by atoms with Crippen molar-refractivity contribution in [2.75, 3.05) is 11.4 Å². The zero-order valence-corrected chi connectivity index (χ0v) is 10.7. The Kier molecular flexibility index (Phi) is 3.26. The third-order valence-corrected chi connectivity index (χ3v) is 4.08. The van der Waals surface area contributed by atoms with Crippen molar-refractivity contribution in [3.8, 4) is 0 Å². The van der Waals surface area contributed by atoms with Gasteiger partial charge in [-0.15, -0.1) is 0 Å². The van der Waals surface area contributed by atoms with Crippen LogP contribution in [0.4, 0.5) is 5.69 Å². The fourth-order valence-corrected chi connectivity index (χ4v) is 2.48. The first kappa shape index (κ1) is 13.1. The summed E-state index contributed by atoms with van der Waals surface area (Å²) in [5.41, 5.74) is 0.343. The van der Waals surface area contributed by atoms with Gasteiger partial charge >= 0.3 is 5.97 Å². The number of nitrogens with zero attached hydrogens (tertiary/aromatic N) is 2. The van der Waals surface area contributed by atoms with E-state index in [4.69, 9.17) is 9.52 Å². The minimum absolute atomic E-state index is 0.343. The molecule has 0 fully saturated rings. The third kappa shape index (κ3) is 2.43. The molecule has 0 saturated heterocycles. The molecule has 0 amide bonds. The standard InChI is InChI=1S/C11H10N2O5S/c1-13(8-3-2-6-12-7-8)19(16,17)10-5-4-9(18-10)11(14)15/h2-7H,1H3,(H,14,15). The van der Waals surface area contributed by atoms with Gasteiger partial charge in [0.2, 0.25) is 10.9 Å². The molecule has 2 rings (SSSR count). The van der Waals surface area contributed by atoms with Crippen molar-refractivity contribution in [1.82, 2.24) is 4.98 Å². The number of aromatic carboxylic acids is 1. The monoisotopic (exact) mass is 282 g/mol. The molecule has 100 valence electrons. The van der Waals surface area contributed by atoms with Gasteiger partial charge in [0.15, 0.2) is 0 Å². The van der Waals surface area contributed by atoms with Crippen molar-refractivity contribution in [2.45, 2.75) is 5.09 Å². The van der Waals surface area contributed by atoms with Gasteiger partial charge in [0.05, 0.1) is 11.9 Å². The Bertz CT molecular complexity index is 693. The molecule has 19 heavy (non-hydrogen) atoms. The van der Waals surface area contributed by atoms with Crippen molar-refractivity contribution in [3.05, 3.63) is 42.4 Å². The van der Waals surface area contributed by atoms with Gasteiger partial charge in [0.1, 0.15) is 0 Å². The van der Waals surface area contributed by atoms with Gasteiger partial charge in [-0.25, -0.2) is 4.79 Å². The van der Waals surface area contributed by atoms with Crippen molar-refractivity contribution < 1.29 is 22.7 Å². The van der Waals surface area contributed by atoms with Gasteiger partial charge in [-0.1, -0.05) is 0 Å². The van der Waals surface area contributed by atoms with Crippen molar-refractivity contribution in [2.24, 2.45) is 0 Å². The van der Waals surface area contributed by atoms with Crippen LogP contribution in [-0.2, 0) is 10.0 Å². The molecule has 1 N–H and O–H groups in total. The summed E-state index contributed by atoms with van der Waals surface area (Å²) in [7, 11) is -2.61. The second kappa shape index (κ2) is 4.73. The summed E-state index contributed by atoms with van der Waals surface area (Å²) in [4.78, 5) is 14.5. The summed E-state index contributed by atoms with van der Waals surface area (Å²) in [5.74, 6) is -1.76. The highest BCUT2D eigenvalue weighted by Crippen LogP contribution is 2.22. The smallest absolute Gasteiger partial charge is 0.371 e. The zero-order chi connectivity index (χ0) is 14.0. The van der Waals surface area contributed by atoms with E-state index in [-0.39, 0.29) is 0 Å². The molecule has 0 aliphatic heterocycles. The fourth-order valence-electron chi connectivity index (χ4n) is 1.39. The summed E-state index contributed by atoms with van der Waals surface area (Å²) in [6.07, 6.45) is 2.89. The summed E-state index contributed by atoms with van der Waals surface area (Å²) >= 11 is 0. The van der Waals surface area contributed by atoms with Crippen molar-refractivity contribution in [3.63, 3.8) is 0 Å². The molecule has 2 heterocycles. The van der Waals surface area contributed by atoms with E-state index in [1.807, 2.05) is 0 Å². The van der Waals surface area contributed by atoms with E-state index in [0.29, 0.717) is 5.69 Å². The van der Waals surface area contributed by atoms with E-state index in [1.165, 1.54) is 19.4 Å². The minimum atomic E-state index is -3.94. The molecule has 0 aliphatic carbocycles. The maximum absolute atomic E-state index is 12.2. The quantitative estimate of drug-likeness (QED) is 0.904. The predicted octanol–water partition coefficient (Wildman–Crippen LogP) is 1.20. The number of anilines is 1. The van der Waals surface area contributed by atoms with E-state index >= 15 is 0 Å². The average molecular weight is 282 g/mol. The van der Waals surface area contributed by atoms with E-state index in [0.717, 1.165) is 16.4 Å². The lowest BCUT2D eigenvalue weighted by molar-refractivity contribution is 0.0656. The molecule has 0 aromatic carbocycles. The van der Waals surface area contributed by atoms with Crippen LogP contribution in [0.1, 0.15) is 10.6 Å².